The lowest BCUT2D eigenvalue weighted by Gasteiger charge is -2.39. The summed E-state index contributed by atoms with van der Waals surface area (Å²) >= 11 is 0. The maximum absolute atomic E-state index is 13.6. The largest absolute Gasteiger partial charge is 0.496 e. The van der Waals surface area contributed by atoms with Gasteiger partial charge in [0.05, 0.1) is 19.3 Å². The number of amides is 1. The number of hydrogen-bond acceptors (Lipinski definition) is 4. The summed E-state index contributed by atoms with van der Waals surface area (Å²) in [4.78, 5) is 10.9. The van der Waals surface area contributed by atoms with Gasteiger partial charge in [-0.1, -0.05) is 20.8 Å². The SMILES string of the molecule is COc1ccc(F)cc1C(O)C[C@H](CNC(=O)O)O[Si](C)(C)C(C)(C)C. The van der Waals surface area contributed by atoms with Gasteiger partial charge in [-0.05, 0) is 36.3 Å². The van der Waals surface area contributed by atoms with E-state index < -0.39 is 32.4 Å². The van der Waals surface area contributed by atoms with Crippen molar-refractivity contribution in [1.29, 1.82) is 0 Å². The molecule has 6 nitrogen and oxygen atoms in total. The molecule has 1 unspecified atom stereocenters. The van der Waals surface area contributed by atoms with Gasteiger partial charge in [0.2, 0.25) is 0 Å². The van der Waals surface area contributed by atoms with Crippen LogP contribution in [0.4, 0.5) is 9.18 Å². The Bertz CT molecular complexity index is 618. The van der Waals surface area contributed by atoms with Crippen molar-refractivity contribution < 1.29 is 28.6 Å². The molecule has 0 radical (unpaired) electrons. The van der Waals surface area contributed by atoms with Crippen molar-refractivity contribution in [2.75, 3.05) is 13.7 Å². The zero-order valence-electron chi connectivity index (χ0n) is 16.3. The van der Waals surface area contributed by atoms with Crippen LogP contribution in [0, 0.1) is 5.82 Å². The summed E-state index contributed by atoms with van der Waals surface area (Å²) in [6.45, 7) is 10.4. The Balaban J connectivity index is 3.01. The number of ether oxygens (including phenoxy) is 1. The van der Waals surface area contributed by atoms with Gasteiger partial charge < -0.3 is 24.7 Å². The number of carboxylic acid groups (broad SMARTS) is 1. The lowest BCUT2D eigenvalue weighted by Crippen LogP contribution is -2.47. The molecule has 0 aliphatic carbocycles. The third-order valence-electron chi connectivity index (χ3n) is 4.79. The Morgan fingerprint density at radius 2 is 1.96 bits per heavy atom. The quantitative estimate of drug-likeness (QED) is 0.589. The molecule has 0 spiro atoms. The van der Waals surface area contributed by atoms with Gasteiger partial charge in [0, 0.05) is 18.5 Å². The maximum atomic E-state index is 13.6. The number of benzene rings is 1. The van der Waals surface area contributed by atoms with Crippen molar-refractivity contribution in [3.05, 3.63) is 29.6 Å². The van der Waals surface area contributed by atoms with Crippen LogP contribution in [-0.2, 0) is 4.43 Å². The Morgan fingerprint density at radius 3 is 2.46 bits per heavy atom. The summed E-state index contributed by atoms with van der Waals surface area (Å²) in [7, 11) is -0.746. The normalized spacial score (nSPS) is 14.6. The molecule has 8 heteroatoms. The van der Waals surface area contributed by atoms with Crippen molar-refractivity contribution in [3.63, 3.8) is 0 Å². The Hall–Kier alpha value is -1.64. The Labute approximate surface area is 155 Å². The van der Waals surface area contributed by atoms with Crippen LogP contribution < -0.4 is 10.1 Å². The predicted octanol–water partition coefficient (Wildman–Crippen LogP) is 3.92. The van der Waals surface area contributed by atoms with E-state index in [9.17, 15) is 14.3 Å². The van der Waals surface area contributed by atoms with E-state index in [-0.39, 0.29) is 18.0 Å². The topological polar surface area (TPSA) is 88.0 Å². The van der Waals surface area contributed by atoms with Crippen molar-refractivity contribution >= 4 is 14.4 Å². The van der Waals surface area contributed by atoms with Crippen molar-refractivity contribution in [1.82, 2.24) is 5.32 Å². The summed E-state index contributed by atoms with van der Waals surface area (Å²) < 4.78 is 25.0. The smallest absolute Gasteiger partial charge is 0.404 e. The zero-order chi connectivity index (χ0) is 20.1. The molecule has 0 aliphatic rings. The summed E-state index contributed by atoms with van der Waals surface area (Å²) in [5.74, 6) is -0.110. The number of carbonyl (C=O) groups is 1. The molecular weight excluding hydrogens is 357 g/mol. The fraction of sp³-hybridized carbons (Fsp3) is 0.611. The van der Waals surface area contributed by atoms with E-state index in [0.29, 0.717) is 11.3 Å². The molecule has 0 bridgehead atoms. The van der Waals surface area contributed by atoms with E-state index in [1.54, 1.807) is 0 Å². The molecule has 0 saturated carbocycles. The van der Waals surface area contributed by atoms with Gasteiger partial charge in [-0.25, -0.2) is 9.18 Å². The van der Waals surface area contributed by atoms with Gasteiger partial charge in [-0.3, -0.25) is 0 Å². The summed E-state index contributed by atoms with van der Waals surface area (Å²) in [6, 6.07) is 3.93. The highest BCUT2D eigenvalue weighted by molar-refractivity contribution is 6.74. The van der Waals surface area contributed by atoms with Crippen LogP contribution >= 0.6 is 0 Å². The van der Waals surface area contributed by atoms with Crippen LogP contribution in [0.2, 0.25) is 18.1 Å². The first-order chi connectivity index (χ1) is 11.9. The van der Waals surface area contributed by atoms with E-state index in [2.05, 4.69) is 39.2 Å². The summed E-state index contributed by atoms with van der Waals surface area (Å²) in [5, 5.41) is 21.7. The number of methoxy groups -OCH3 is 1. The fourth-order valence-electron chi connectivity index (χ4n) is 2.31. The van der Waals surface area contributed by atoms with Crippen LogP contribution in [0.1, 0.15) is 38.9 Å². The Morgan fingerprint density at radius 1 is 1.35 bits per heavy atom. The highest BCUT2D eigenvalue weighted by Crippen LogP contribution is 2.38. The van der Waals surface area contributed by atoms with E-state index in [4.69, 9.17) is 14.3 Å². The van der Waals surface area contributed by atoms with Gasteiger partial charge in [0.15, 0.2) is 8.32 Å². The highest BCUT2D eigenvalue weighted by Gasteiger charge is 2.39. The maximum Gasteiger partial charge on any atom is 0.404 e. The molecule has 1 amide bonds. The molecule has 3 N–H and O–H groups in total. The monoisotopic (exact) mass is 387 g/mol. The lowest BCUT2D eigenvalue weighted by atomic mass is 10.0. The molecule has 0 heterocycles. The van der Waals surface area contributed by atoms with Gasteiger partial charge >= 0.3 is 6.09 Å². The van der Waals surface area contributed by atoms with Crippen LogP contribution in [0.5, 0.6) is 5.75 Å². The second-order valence-corrected chi connectivity index (χ2v) is 12.6. The highest BCUT2D eigenvalue weighted by atomic mass is 28.4. The number of halogens is 1. The first-order valence-electron chi connectivity index (χ1n) is 8.53. The van der Waals surface area contributed by atoms with Crippen molar-refractivity contribution in [2.24, 2.45) is 0 Å². The number of aliphatic hydroxyl groups excluding tert-OH is 1. The second kappa shape index (κ2) is 8.83. The molecular formula is C18H30FNO5Si. The number of hydrogen-bond donors (Lipinski definition) is 3. The van der Waals surface area contributed by atoms with Crippen LogP contribution in [-0.4, -0.2) is 44.4 Å². The number of nitrogens with one attached hydrogen (secondary N) is 1. The van der Waals surface area contributed by atoms with E-state index >= 15 is 0 Å². The third-order valence-corrected chi connectivity index (χ3v) is 9.32. The van der Waals surface area contributed by atoms with E-state index in [1.807, 2.05) is 0 Å². The predicted molar refractivity (Wildman–Crippen MR) is 101 cm³/mol. The molecule has 26 heavy (non-hydrogen) atoms. The third kappa shape index (κ3) is 6.26. The minimum absolute atomic E-state index is 0.0382. The van der Waals surface area contributed by atoms with Gasteiger partial charge in [-0.2, -0.15) is 0 Å². The minimum atomic E-state index is -2.19. The van der Waals surface area contributed by atoms with Gasteiger partial charge in [-0.15, -0.1) is 0 Å². The molecule has 1 aromatic carbocycles. The molecule has 148 valence electrons. The van der Waals surface area contributed by atoms with Crippen molar-refractivity contribution in [2.45, 2.75) is 57.5 Å². The standard InChI is InChI=1S/C18H30FNO5Si/c1-18(2,3)26(5,6)25-13(11-20-17(22)23)10-15(21)14-9-12(19)7-8-16(14)24-4/h7-9,13,15,20-21H,10-11H2,1-6H3,(H,22,23)/t13-,15?/m1/s1. The lowest BCUT2D eigenvalue weighted by molar-refractivity contribution is 0.0831. The first-order valence-corrected chi connectivity index (χ1v) is 11.4. The van der Waals surface area contributed by atoms with Crippen LogP contribution in [0.25, 0.3) is 0 Å². The molecule has 0 saturated heterocycles. The second-order valence-electron chi connectivity index (χ2n) is 7.82. The molecule has 0 aromatic heterocycles. The van der Waals surface area contributed by atoms with Gasteiger partial charge in [0.25, 0.3) is 0 Å². The first kappa shape index (κ1) is 22.4. The number of rotatable bonds is 8. The fourth-order valence-corrected chi connectivity index (χ4v) is 3.68. The molecule has 1 rings (SSSR count). The van der Waals surface area contributed by atoms with E-state index in [0.717, 1.165) is 0 Å². The van der Waals surface area contributed by atoms with E-state index in [1.165, 1.54) is 25.3 Å². The van der Waals surface area contributed by atoms with Gasteiger partial charge in [0.1, 0.15) is 11.6 Å². The molecule has 1 aromatic rings. The zero-order valence-corrected chi connectivity index (χ0v) is 17.3. The summed E-state index contributed by atoms with van der Waals surface area (Å²) in [5.41, 5.74) is 0.312. The average Bonchev–Trinajstić information content (AvgIpc) is 2.51. The molecule has 0 aliphatic heterocycles. The van der Waals surface area contributed by atoms with Crippen LogP contribution in [0.3, 0.4) is 0 Å². The van der Waals surface area contributed by atoms with Crippen molar-refractivity contribution in [3.8, 4) is 5.75 Å². The Kier molecular flexibility index (Phi) is 7.61. The molecule has 2 atom stereocenters. The summed E-state index contributed by atoms with van der Waals surface area (Å²) in [6.07, 6.45) is -2.64. The minimum Gasteiger partial charge on any atom is -0.496 e. The van der Waals surface area contributed by atoms with Crippen LogP contribution in [0.15, 0.2) is 18.2 Å². The molecule has 0 fully saturated rings. The average molecular weight is 388 g/mol. The number of aliphatic hydroxyl groups is 1.